The van der Waals surface area contributed by atoms with Crippen molar-refractivity contribution < 1.29 is 17.6 Å². The summed E-state index contributed by atoms with van der Waals surface area (Å²) in [6.07, 6.45) is 0.821. The van der Waals surface area contributed by atoms with Crippen LogP contribution in [0.4, 0.5) is 10.2 Å². The number of hydrogen-bond donors (Lipinski definition) is 1. The first-order chi connectivity index (χ1) is 15.7. The van der Waals surface area contributed by atoms with Gasteiger partial charge in [-0.3, -0.25) is 9.48 Å². The Morgan fingerprint density at radius 1 is 1.15 bits per heavy atom. The van der Waals surface area contributed by atoms with Crippen molar-refractivity contribution in [2.24, 2.45) is 5.92 Å². The molecular weight excluding hydrogens is 467 g/mol. The Balaban J connectivity index is 1.36. The van der Waals surface area contributed by atoms with Crippen molar-refractivity contribution in [2.45, 2.75) is 31.2 Å². The van der Waals surface area contributed by atoms with Gasteiger partial charge in [-0.05, 0) is 50.1 Å². The van der Waals surface area contributed by atoms with Crippen LogP contribution in [-0.4, -0.2) is 41.5 Å². The van der Waals surface area contributed by atoms with Crippen LogP contribution in [0.25, 0.3) is 0 Å². The number of amides is 1. The van der Waals surface area contributed by atoms with Crippen LogP contribution in [0, 0.1) is 18.7 Å². The standard InChI is InChI=1S/C23H24ClFN4O3S/c1-16-14-22(27-29(16)15-18-4-2-3-5-21(18)25)26-23(30)17-10-12-28(13-11-17)33(31,32)20-8-6-19(24)7-9-20/h2-9,14,17H,10-13,15H2,1H3,(H,26,27,30). The zero-order valence-electron chi connectivity index (χ0n) is 18.0. The summed E-state index contributed by atoms with van der Waals surface area (Å²) in [5.41, 5.74) is 1.30. The summed E-state index contributed by atoms with van der Waals surface area (Å²) in [6.45, 7) is 2.60. The monoisotopic (exact) mass is 490 g/mol. The molecule has 2 heterocycles. The maximum absolute atomic E-state index is 13.9. The first kappa shape index (κ1) is 23.4. The van der Waals surface area contributed by atoms with Gasteiger partial charge in [0.05, 0.1) is 11.4 Å². The van der Waals surface area contributed by atoms with Gasteiger partial charge in [0, 0.05) is 41.4 Å². The summed E-state index contributed by atoms with van der Waals surface area (Å²) in [4.78, 5) is 12.9. The minimum atomic E-state index is -3.63. The molecule has 0 spiro atoms. The third kappa shape index (κ3) is 5.26. The third-order valence-electron chi connectivity index (χ3n) is 5.79. The van der Waals surface area contributed by atoms with E-state index in [2.05, 4.69) is 10.4 Å². The smallest absolute Gasteiger partial charge is 0.243 e. The Labute approximate surface area is 197 Å². The molecule has 1 aliphatic rings. The normalized spacial score (nSPS) is 15.5. The molecule has 1 N–H and O–H groups in total. The average molecular weight is 491 g/mol. The Morgan fingerprint density at radius 3 is 2.48 bits per heavy atom. The first-order valence-corrected chi connectivity index (χ1v) is 12.4. The highest BCUT2D eigenvalue weighted by Crippen LogP contribution is 2.26. The number of anilines is 1. The molecule has 10 heteroatoms. The second-order valence-corrected chi connectivity index (χ2v) is 10.4. The molecule has 0 aliphatic carbocycles. The van der Waals surface area contributed by atoms with Gasteiger partial charge in [-0.15, -0.1) is 0 Å². The predicted octanol–water partition coefficient (Wildman–Crippen LogP) is 4.07. The van der Waals surface area contributed by atoms with Crippen molar-refractivity contribution in [1.29, 1.82) is 0 Å². The zero-order valence-corrected chi connectivity index (χ0v) is 19.6. The molecule has 1 amide bonds. The van der Waals surface area contributed by atoms with Crippen molar-refractivity contribution in [3.63, 3.8) is 0 Å². The number of nitrogens with zero attached hydrogens (tertiary/aromatic N) is 3. The summed E-state index contributed by atoms with van der Waals surface area (Å²) >= 11 is 5.85. The Hall–Kier alpha value is -2.75. The number of aryl methyl sites for hydroxylation is 1. The fourth-order valence-corrected chi connectivity index (χ4v) is 5.46. The second kappa shape index (κ2) is 9.62. The topological polar surface area (TPSA) is 84.3 Å². The van der Waals surface area contributed by atoms with Crippen molar-refractivity contribution in [1.82, 2.24) is 14.1 Å². The van der Waals surface area contributed by atoms with E-state index in [1.54, 1.807) is 41.1 Å². The fraction of sp³-hybridized carbons (Fsp3) is 0.304. The van der Waals surface area contributed by atoms with E-state index in [1.807, 2.05) is 6.92 Å². The lowest BCUT2D eigenvalue weighted by Crippen LogP contribution is -2.41. The van der Waals surface area contributed by atoms with Gasteiger partial charge in [0.1, 0.15) is 5.82 Å². The SMILES string of the molecule is Cc1cc(NC(=O)C2CCN(S(=O)(=O)c3ccc(Cl)cc3)CC2)nn1Cc1ccccc1F. The van der Waals surface area contributed by atoms with E-state index in [-0.39, 0.29) is 42.2 Å². The molecule has 1 aromatic heterocycles. The highest BCUT2D eigenvalue weighted by molar-refractivity contribution is 7.89. The molecule has 0 saturated carbocycles. The average Bonchev–Trinajstić information content (AvgIpc) is 3.14. The molecule has 174 valence electrons. The van der Waals surface area contributed by atoms with Crippen LogP contribution in [-0.2, 0) is 21.4 Å². The van der Waals surface area contributed by atoms with Crippen molar-refractivity contribution in [3.8, 4) is 0 Å². The number of carbonyl (C=O) groups excluding carboxylic acids is 1. The number of aromatic nitrogens is 2. The summed E-state index contributed by atoms with van der Waals surface area (Å²) in [5, 5.41) is 7.67. The molecule has 1 saturated heterocycles. The molecule has 2 aromatic carbocycles. The lowest BCUT2D eigenvalue weighted by Gasteiger charge is -2.30. The van der Waals surface area contributed by atoms with Crippen molar-refractivity contribution in [2.75, 3.05) is 18.4 Å². The summed E-state index contributed by atoms with van der Waals surface area (Å²) in [5.74, 6) is -0.434. The van der Waals surface area contributed by atoms with Crippen LogP contribution >= 0.6 is 11.6 Å². The Bertz CT molecular complexity index is 1250. The number of nitrogens with one attached hydrogen (secondary N) is 1. The Kier molecular flexibility index (Phi) is 6.83. The van der Waals surface area contributed by atoms with Crippen molar-refractivity contribution in [3.05, 3.63) is 76.7 Å². The van der Waals surface area contributed by atoms with Gasteiger partial charge in [0.2, 0.25) is 15.9 Å². The van der Waals surface area contributed by atoms with Gasteiger partial charge in [-0.2, -0.15) is 9.40 Å². The lowest BCUT2D eigenvalue weighted by molar-refractivity contribution is -0.120. The van der Waals surface area contributed by atoms with E-state index in [4.69, 9.17) is 11.6 Å². The van der Waals surface area contributed by atoms with E-state index in [0.29, 0.717) is 29.2 Å². The molecule has 0 radical (unpaired) electrons. The summed E-state index contributed by atoms with van der Waals surface area (Å²) in [6, 6.07) is 14.3. The van der Waals surface area contributed by atoms with Gasteiger partial charge in [-0.25, -0.2) is 12.8 Å². The maximum Gasteiger partial charge on any atom is 0.243 e. The molecule has 0 atom stereocenters. The maximum atomic E-state index is 13.9. The number of rotatable bonds is 6. The van der Waals surface area contributed by atoms with E-state index in [0.717, 1.165) is 5.69 Å². The molecule has 33 heavy (non-hydrogen) atoms. The van der Waals surface area contributed by atoms with Gasteiger partial charge >= 0.3 is 0 Å². The highest BCUT2D eigenvalue weighted by Gasteiger charge is 2.32. The van der Waals surface area contributed by atoms with Gasteiger partial charge in [-0.1, -0.05) is 29.8 Å². The van der Waals surface area contributed by atoms with Gasteiger partial charge < -0.3 is 5.32 Å². The van der Waals surface area contributed by atoms with E-state index in [9.17, 15) is 17.6 Å². The lowest BCUT2D eigenvalue weighted by atomic mass is 9.97. The number of piperidine rings is 1. The molecule has 4 rings (SSSR count). The van der Waals surface area contributed by atoms with Crippen LogP contribution in [0.2, 0.25) is 5.02 Å². The van der Waals surface area contributed by atoms with Gasteiger partial charge in [0.25, 0.3) is 0 Å². The fourth-order valence-electron chi connectivity index (χ4n) is 3.86. The first-order valence-electron chi connectivity index (χ1n) is 10.6. The van der Waals surface area contributed by atoms with E-state index >= 15 is 0 Å². The molecule has 0 bridgehead atoms. The number of sulfonamides is 1. The van der Waals surface area contributed by atoms with Crippen LogP contribution in [0.1, 0.15) is 24.1 Å². The van der Waals surface area contributed by atoms with Gasteiger partial charge in [0.15, 0.2) is 5.82 Å². The highest BCUT2D eigenvalue weighted by atomic mass is 35.5. The number of carbonyl (C=O) groups is 1. The Morgan fingerprint density at radius 2 is 1.82 bits per heavy atom. The van der Waals surface area contributed by atoms with E-state index in [1.165, 1.54) is 22.5 Å². The van der Waals surface area contributed by atoms with Crippen LogP contribution in [0.3, 0.4) is 0 Å². The minimum Gasteiger partial charge on any atom is -0.309 e. The molecule has 7 nitrogen and oxygen atoms in total. The second-order valence-electron chi connectivity index (χ2n) is 8.04. The van der Waals surface area contributed by atoms with Crippen LogP contribution in [0.5, 0.6) is 0 Å². The summed E-state index contributed by atoms with van der Waals surface area (Å²) in [7, 11) is -3.63. The molecule has 1 aliphatic heterocycles. The molecule has 3 aromatic rings. The van der Waals surface area contributed by atoms with E-state index < -0.39 is 10.0 Å². The molecular formula is C23H24ClFN4O3S. The largest absolute Gasteiger partial charge is 0.309 e. The number of halogens is 2. The summed E-state index contributed by atoms with van der Waals surface area (Å²) < 4.78 is 42.6. The van der Waals surface area contributed by atoms with Crippen LogP contribution in [0.15, 0.2) is 59.5 Å². The van der Waals surface area contributed by atoms with Crippen LogP contribution < -0.4 is 5.32 Å². The minimum absolute atomic E-state index is 0.186. The quantitative estimate of drug-likeness (QED) is 0.564. The molecule has 0 unspecified atom stereocenters. The zero-order chi connectivity index (χ0) is 23.6. The third-order valence-corrected chi connectivity index (χ3v) is 7.95. The number of hydrogen-bond acceptors (Lipinski definition) is 4. The van der Waals surface area contributed by atoms with Crippen molar-refractivity contribution >= 4 is 33.3 Å². The predicted molar refractivity (Wildman–Crippen MR) is 124 cm³/mol. The number of benzene rings is 2. The molecule has 1 fully saturated rings.